The minimum absolute atomic E-state index is 0.0369. The molecule has 44 heavy (non-hydrogen) atoms. The molecule has 2 aliphatic heterocycles. The number of aromatic nitrogens is 7. The van der Waals surface area contributed by atoms with Crippen molar-refractivity contribution in [3.63, 3.8) is 0 Å². The van der Waals surface area contributed by atoms with Crippen LogP contribution >= 0.6 is 11.6 Å². The fourth-order valence-corrected chi connectivity index (χ4v) is 7.23. The van der Waals surface area contributed by atoms with Gasteiger partial charge < -0.3 is 19.4 Å². The molecular formula is C32H36ClN9O2. The molecule has 0 bridgehead atoms. The van der Waals surface area contributed by atoms with E-state index in [0.29, 0.717) is 17.9 Å². The smallest absolute Gasteiger partial charge is 0.257 e. The molecule has 8 rings (SSSR count). The highest BCUT2D eigenvalue weighted by Gasteiger charge is 2.37. The summed E-state index contributed by atoms with van der Waals surface area (Å²) in [5, 5.41) is 15.2. The second-order valence-electron chi connectivity index (χ2n) is 12.6. The van der Waals surface area contributed by atoms with Gasteiger partial charge in [0.1, 0.15) is 11.0 Å². The topological polar surface area (TPSA) is 99.3 Å². The van der Waals surface area contributed by atoms with Gasteiger partial charge in [-0.15, -0.1) is 5.10 Å². The number of nitrogens with zero attached hydrogens (tertiary/aromatic N) is 9. The summed E-state index contributed by atoms with van der Waals surface area (Å²) < 4.78 is 8.13. The van der Waals surface area contributed by atoms with Crippen LogP contribution in [0.2, 0.25) is 5.02 Å². The van der Waals surface area contributed by atoms with E-state index in [1.54, 1.807) is 0 Å². The molecule has 5 aromatic rings. The monoisotopic (exact) mass is 613 g/mol. The van der Waals surface area contributed by atoms with Gasteiger partial charge in [0.15, 0.2) is 6.23 Å². The quantitative estimate of drug-likeness (QED) is 0.261. The van der Waals surface area contributed by atoms with Crippen molar-refractivity contribution in [3.8, 4) is 5.88 Å². The van der Waals surface area contributed by atoms with Crippen LogP contribution in [-0.2, 0) is 17.6 Å². The number of hydrogen-bond donors (Lipinski definition) is 0. The van der Waals surface area contributed by atoms with Crippen LogP contribution in [0.4, 0.5) is 5.95 Å². The predicted molar refractivity (Wildman–Crippen MR) is 168 cm³/mol. The van der Waals surface area contributed by atoms with Gasteiger partial charge in [0.25, 0.3) is 5.88 Å². The van der Waals surface area contributed by atoms with Gasteiger partial charge in [0, 0.05) is 41.7 Å². The summed E-state index contributed by atoms with van der Waals surface area (Å²) in [6, 6.07) is 12.3. The molecule has 1 unspecified atom stereocenters. The Kier molecular flexibility index (Phi) is 6.92. The number of likely N-dealkylation sites (N-methyl/N-ethyl adjacent to an activating group) is 1. The molecule has 3 atom stereocenters. The molecule has 3 aromatic heterocycles. The summed E-state index contributed by atoms with van der Waals surface area (Å²) in [6.07, 6.45) is 6.60. The van der Waals surface area contributed by atoms with Crippen molar-refractivity contribution in [1.29, 1.82) is 0 Å². The molecular weight excluding hydrogens is 578 g/mol. The zero-order chi connectivity index (χ0) is 29.9. The lowest BCUT2D eigenvalue weighted by atomic mass is 9.74. The van der Waals surface area contributed by atoms with Gasteiger partial charge in [-0.05, 0) is 93.1 Å². The highest BCUT2D eigenvalue weighted by atomic mass is 35.5. The molecule has 12 heteroatoms. The van der Waals surface area contributed by atoms with E-state index in [0.717, 1.165) is 95.6 Å². The van der Waals surface area contributed by atoms with Crippen LogP contribution in [0.15, 0.2) is 42.6 Å². The number of anilines is 1. The molecule has 2 aromatic carbocycles. The molecule has 0 radical (unpaired) electrons. The first kappa shape index (κ1) is 27.7. The Balaban J connectivity index is 1.18. The average Bonchev–Trinajstić information content (AvgIpc) is 3.61. The first-order valence-corrected chi connectivity index (χ1v) is 15.9. The van der Waals surface area contributed by atoms with Crippen molar-refractivity contribution >= 4 is 39.5 Å². The Morgan fingerprint density at radius 2 is 1.89 bits per heavy atom. The highest BCUT2D eigenvalue weighted by molar-refractivity contribution is 6.32. The van der Waals surface area contributed by atoms with Gasteiger partial charge in [0.05, 0.1) is 17.4 Å². The fraction of sp³-hybridized carbons (Fsp3) is 0.469. The van der Waals surface area contributed by atoms with Gasteiger partial charge in [-0.25, -0.2) is 9.67 Å². The van der Waals surface area contributed by atoms with Gasteiger partial charge in [-0.2, -0.15) is 10.1 Å². The van der Waals surface area contributed by atoms with Gasteiger partial charge in [-0.1, -0.05) is 35.5 Å². The summed E-state index contributed by atoms with van der Waals surface area (Å²) >= 11 is 7.01. The molecule has 228 valence electrons. The first-order valence-electron chi connectivity index (χ1n) is 15.5. The highest BCUT2D eigenvalue weighted by Crippen LogP contribution is 2.45. The third-order valence-corrected chi connectivity index (χ3v) is 9.94. The Morgan fingerprint density at radius 3 is 2.70 bits per heavy atom. The van der Waals surface area contributed by atoms with Crippen LogP contribution in [0.5, 0.6) is 5.88 Å². The Labute approximate surface area is 260 Å². The second kappa shape index (κ2) is 11.0. The number of para-hydroxylation sites is 1. The van der Waals surface area contributed by atoms with Gasteiger partial charge >= 0.3 is 0 Å². The van der Waals surface area contributed by atoms with Crippen LogP contribution in [0.3, 0.4) is 0 Å². The predicted octanol–water partition coefficient (Wildman–Crippen LogP) is 5.03. The normalized spacial score (nSPS) is 22.5. The number of rotatable bonds is 6. The molecule has 0 saturated carbocycles. The second-order valence-corrected chi connectivity index (χ2v) is 13.0. The minimum atomic E-state index is -0.0369. The van der Waals surface area contributed by atoms with E-state index in [1.165, 1.54) is 4.85 Å². The Morgan fingerprint density at radius 1 is 1.02 bits per heavy atom. The van der Waals surface area contributed by atoms with Crippen LogP contribution in [0.25, 0.3) is 21.9 Å². The lowest BCUT2D eigenvalue weighted by molar-refractivity contribution is -0.0366. The summed E-state index contributed by atoms with van der Waals surface area (Å²) in [6.45, 7) is 4.78. The summed E-state index contributed by atoms with van der Waals surface area (Å²) in [7, 11) is 4.22. The van der Waals surface area contributed by atoms with Crippen LogP contribution in [0.1, 0.15) is 55.2 Å². The third-order valence-electron chi connectivity index (χ3n) is 9.61. The lowest BCUT2D eigenvalue weighted by Gasteiger charge is -2.43. The van der Waals surface area contributed by atoms with E-state index in [2.05, 4.69) is 47.2 Å². The maximum Gasteiger partial charge on any atom is 0.257 e. The molecule has 2 fully saturated rings. The largest absolute Gasteiger partial charge is 0.356 e. The van der Waals surface area contributed by atoms with Gasteiger partial charge in [-0.3, -0.25) is 0 Å². The van der Waals surface area contributed by atoms with E-state index >= 15 is 0 Å². The number of fused-ring (bicyclic) bond motifs is 3. The van der Waals surface area contributed by atoms with Gasteiger partial charge in [0.2, 0.25) is 5.95 Å². The maximum absolute atomic E-state index is 7.01. The van der Waals surface area contributed by atoms with E-state index in [4.69, 9.17) is 36.2 Å². The number of halogens is 1. The van der Waals surface area contributed by atoms with E-state index < -0.39 is 0 Å². The number of hydrogen-bond acceptors (Lipinski definition) is 9. The van der Waals surface area contributed by atoms with Crippen molar-refractivity contribution < 1.29 is 9.57 Å². The third kappa shape index (κ3) is 4.69. The molecule has 0 amide bonds. The zero-order valence-corrected chi connectivity index (χ0v) is 26.0. The number of benzene rings is 2. The molecule has 0 spiro atoms. The summed E-state index contributed by atoms with van der Waals surface area (Å²) in [5.74, 6) is 1.62. The number of ether oxygens (including phenoxy) is 1. The molecule has 2 saturated heterocycles. The van der Waals surface area contributed by atoms with Crippen molar-refractivity contribution in [2.45, 2.75) is 57.2 Å². The fourth-order valence-electron chi connectivity index (χ4n) is 6.93. The van der Waals surface area contributed by atoms with Crippen LogP contribution in [0, 0.1) is 5.92 Å². The molecule has 11 nitrogen and oxygen atoms in total. The maximum atomic E-state index is 7.01. The Hall–Kier alpha value is -3.80. The lowest BCUT2D eigenvalue weighted by Crippen LogP contribution is -2.58. The zero-order valence-electron chi connectivity index (χ0n) is 25.2. The SMILES string of the molecule is C[C@@H]1Cc2c(nc(N3CC(N(C)C)C3)nc2On2nnc3ccccc32)C[C@H]1c1c(Cl)ccc2c1cnn2C1CCCCO1. The van der Waals surface area contributed by atoms with E-state index in [9.17, 15) is 0 Å². The molecule has 5 heterocycles. The molecule has 3 aliphatic rings. The van der Waals surface area contributed by atoms with Crippen molar-refractivity contribution in [3.05, 3.63) is 64.4 Å². The van der Waals surface area contributed by atoms with Crippen LogP contribution in [-0.4, -0.2) is 79.6 Å². The van der Waals surface area contributed by atoms with Crippen molar-refractivity contribution in [2.75, 3.05) is 38.7 Å². The molecule has 0 N–H and O–H groups in total. The van der Waals surface area contributed by atoms with E-state index in [1.807, 2.05) is 41.2 Å². The minimum Gasteiger partial charge on any atom is -0.356 e. The van der Waals surface area contributed by atoms with E-state index in [-0.39, 0.29) is 18.1 Å². The summed E-state index contributed by atoms with van der Waals surface area (Å²) in [4.78, 5) is 22.5. The van der Waals surface area contributed by atoms with Crippen LogP contribution < -0.4 is 9.74 Å². The molecule has 1 aliphatic carbocycles. The van der Waals surface area contributed by atoms with Crippen molar-refractivity contribution in [2.24, 2.45) is 5.92 Å². The first-order chi connectivity index (χ1) is 21.4. The standard InChI is InChI=1S/C32H36ClN9O2/c1-19-14-22-26(15-21(19)30-23-16-34-41(27(23)12-11-24(30)33)29-10-6-7-13-43-29)35-32(40-17-20(18-40)39(2)3)36-31(22)44-42-28-9-5-4-8-25(28)37-38-42/h4-5,8-9,11-12,16,19-21,29H,6-7,10,13-15,17-18H2,1-3H3/t19-,21-,29?/m1/s1. The average molecular weight is 614 g/mol. The van der Waals surface area contributed by atoms with Crippen molar-refractivity contribution in [1.82, 2.24) is 39.8 Å². The Bertz CT molecular complexity index is 1840. The summed E-state index contributed by atoms with van der Waals surface area (Å²) in [5.41, 5.74) is 5.75.